The van der Waals surface area contributed by atoms with Crippen molar-refractivity contribution in [2.75, 3.05) is 12.8 Å². The highest BCUT2D eigenvalue weighted by atomic mass is 32.2. The van der Waals surface area contributed by atoms with E-state index in [1.807, 2.05) is 36.4 Å². The van der Waals surface area contributed by atoms with Gasteiger partial charge in [-0.3, -0.25) is 4.79 Å². The number of amides is 1. The van der Waals surface area contributed by atoms with Crippen LogP contribution in [0.3, 0.4) is 0 Å². The fourth-order valence-electron chi connectivity index (χ4n) is 2.45. The number of rotatable bonds is 6. The molecule has 7 nitrogen and oxygen atoms in total. The largest absolute Gasteiger partial charge is 0.413 e. The van der Waals surface area contributed by atoms with Crippen LogP contribution in [0.1, 0.15) is 22.7 Å². The van der Waals surface area contributed by atoms with Gasteiger partial charge in [-0.05, 0) is 23.3 Å². The van der Waals surface area contributed by atoms with Gasteiger partial charge in [0.15, 0.2) is 0 Å². The second kappa shape index (κ2) is 7.02. The first-order valence-corrected chi connectivity index (χ1v) is 9.63. The number of carbonyl (C=O) groups is 1. The van der Waals surface area contributed by atoms with E-state index >= 15 is 0 Å². The Kier molecular flexibility index (Phi) is 4.80. The predicted octanol–water partition coefficient (Wildman–Crippen LogP) is 1.99. The molecule has 1 amide bonds. The second-order valence-corrected chi connectivity index (χ2v) is 7.51. The van der Waals surface area contributed by atoms with Crippen molar-refractivity contribution in [1.29, 1.82) is 0 Å². The van der Waals surface area contributed by atoms with Crippen molar-refractivity contribution in [3.63, 3.8) is 0 Å². The Morgan fingerprint density at radius 3 is 2.64 bits per heavy atom. The number of aromatic nitrogens is 2. The number of nitrogens with zero attached hydrogens (tertiary/aromatic N) is 2. The van der Waals surface area contributed by atoms with Gasteiger partial charge in [0.25, 0.3) is 5.91 Å². The molecular formula is C17H17N3O4S. The van der Waals surface area contributed by atoms with E-state index in [4.69, 9.17) is 4.42 Å². The van der Waals surface area contributed by atoms with E-state index in [1.165, 1.54) is 0 Å². The van der Waals surface area contributed by atoms with Gasteiger partial charge >= 0.3 is 5.22 Å². The summed E-state index contributed by atoms with van der Waals surface area (Å²) in [6.45, 7) is 0.415. The van der Waals surface area contributed by atoms with E-state index in [0.717, 1.165) is 17.0 Å². The molecule has 3 rings (SSSR count). The number of nitrogens with one attached hydrogen (secondary N) is 1. The molecule has 0 saturated heterocycles. The molecule has 0 saturated carbocycles. The van der Waals surface area contributed by atoms with Crippen LogP contribution >= 0.6 is 0 Å². The molecule has 0 unspecified atom stereocenters. The summed E-state index contributed by atoms with van der Waals surface area (Å²) in [4.78, 5) is 12.4. The predicted molar refractivity (Wildman–Crippen MR) is 92.0 cm³/mol. The van der Waals surface area contributed by atoms with Crippen molar-refractivity contribution in [2.24, 2.45) is 0 Å². The molecule has 0 aliphatic rings. The number of carbonyl (C=O) groups excluding carboxylic acids is 1. The fourth-order valence-corrected chi connectivity index (χ4v) is 2.89. The van der Waals surface area contributed by atoms with E-state index < -0.39 is 9.84 Å². The maximum absolute atomic E-state index is 12.4. The van der Waals surface area contributed by atoms with Crippen molar-refractivity contribution >= 4 is 26.5 Å². The Morgan fingerprint density at radius 2 is 1.88 bits per heavy atom. The number of hydrogen-bond acceptors (Lipinski definition) is 6. The Bertz CT molecular complexity index is 1010. The standard InChI is InChI=1S/C17H17N3O4S/c1-25(22,23)17-20-19-15(24-17)10-5-11-18-16(21)14-9-4-7-12-6-2-3-8-13(12)14/h2-4,6-9H,5,10-11H2,1H3,(H,18,21). The first-order valence-electron chi connectivity index (χ1n) is 7.73. The summed E-state index contributed by atoms with van der Waals surface area (Å²) in [6.07, 6.45) is 1.95. The minimum absolute atomic E-state index is 0.154. The van der Waals surface area contributed by atoms with Gasteiger partial charge < -0.3 is 9.73 Å². The molecule has 130 valence electrons. The molecule has 0 bridgehead atoms. The van der Waals surface area contributed by atoms with Crippen molar-refractivity contribution in [3.8, 4) is 0 Å². The molecule has 0 atom stereocenters. The van der Waals surface area contributed by atoms with Crippen LogP contribution in [0.25, 0.3) is 10.8 Å². The van der Waals surface area contributed by atoms with E-state index in [1.54, 1.807) is 6.07 Å². The topological polar surface area (TPSA) is 102 Å². The Balaban J connectivity index is 1.57. The van der Waals surface area contributed by atoms with Crippen molar-refractivity contribution < 1.29 is 17.6 Å². The van der Waals surface area contributed by atoms with Gasteiger partial charge in [0, 0.05) is 24.8 Å². The summed E-state index contributed by atoms with van der Waals surface area (Å²) in [6, 6.07) is 13.3. The zero-order valence-electron chi connectivity index (χ0n) is 13.6. The average Bonchev–Trinajstić information content (AvgIpc) is 3.07. The van der Waals surface area contributed by atoms with E-state index in [-0.39, 0.29) is 17.0 Å². The zero-order valence-corrected chi connectivity index (χ0v) is 14.4. The Morgan fingerprint density at radius 1 is 1.12 bits per heavy atom. The lowest BCUT2D eigenvalue weighted by Crippen LogP contribution is -2.25. The highest BCUT2D eigenvalue weighted by Crippen LogP contribution is 2.18. The van der Waals surface area contributed by atoms with Gasteiger partial charge in [0.05, 0.1) is 0 Å². The summed E-state index contributed by atoms with van der Waals surface area (Å²) >= 11 is 0. The lowest BCUT2D eigenvalue weighted by Gasteiger charge is -2.07. The molecule has 0 aliphatic carbocycles. The molecule has 0 spiro atoms. The highest BCUT2D eigenvalue weighted by molar-refractivity contribution is 7.90. The van der Waals surface area contributed by atoms with Crippen LogP contribution in [-0.2, 0) is 16.3 Å². The lowest BCUT2D eigenvalue weighted by atomic mass is 10.0. The zero-order chi connectivity index (χ0) is 17.9. The summed E-state index contributed by atoms with van der Waals surface area (Å²) < 4.78 is 27.6. The van der Waals surface area contributed by atoms with Crippen molar-refractivity contribution in [2.45, 2.75) is 18.1 Å². The van der Waals surface area contributed by atoms with Crippen LogP contribution in [0.5, 0.6) is 0 Å². The maximum atomic E-state index is 12.4. The monoisotopic (exact) mass is 359 g/mol. The SMILES string of the molecule is CS(=O)(=O)c1nnc(CCCNC(=O)c2cccc3ccccc23)o1. The second-order valence-electron chi connectivity index (χ2n) is 5.62. The molecular weight excluding hydrogens is 342 g/mol. The molecule has 0 aliphatic heterocycles. The van der Waals surface area contributed by atoms with Crippen LogP contribution in [-0.4, -0.2) is 37.3 Å². The van der Waals surface area contributed by atoms with E-state index in [0.29, 0.717) is 24.9 Å². The number of aryl methyl sites for hydroxylation is 1. The smallest absolute Gasteiger partial charge is 0.335 e. The summed E-state index contributed by atoms with van der Waals surface area (Å²) in [7, 11) is -3.49. The summed E-state index contributed by atoms with van der Waals surface area (Å²) in [5.41, 5.74) is 0.621. The van der Waals surface area contributed by atoms with Crippen LogP contribution in [0.15, 0.2) is 52.1 Å². The van der Waals surface area contributed by atoms with Crippen LogP contribution in [0, 0.1) is 0 Å². The molecule has 1 N–H and O–H groups in total. The lowest BCUT2D eigenvalue weighted by molar-refractivity contribution is 0.0954. The van der Waals surface area contributed by atoms with Gasteiger partial charge in [-0.25, -0.2) is 8.42 Å². The van der Waals surface area contributed by atoms with Crippen molar-refractivity contribution in [3.05, 3.63) is 53.9 Å². The van der Waals surface area contributed by atoms with Gasteiger partial charge in [-0.15, -0.1) is 5.10 Å². The molecule has 2 aromatic carbocycles. The Labute approximate surface area is 145 Å². The summed E-state index contributed by atoms with van der Waals surface area (Å²) in [5, 5.41) is 11.6. The van der Waals surface area contributed by atoms with Gasteiger partial charge in [-0.2, -0.15) is 0 Å². The van der Waals surface area contributed by atoms with Gasteiger partial charge in [0.1, 0.15) is 0 Å². The minimum Gasteiger partial charge on any atom is -0.413 e. The average molecular weight is 359 g/mol. The third-order valence-electron chi connectivity index (χ3n) is 3.65. The normalized spacial score (nSPS) is 11.6. The number of benzene rings is 2. The molecule has 8 heteroatoms. The van der Waals surface area contributed by atoms with Gasteiger partial charge in [-0.1, -0.05) is 41.5 Å². The van der Waals surface area contributed by atoms with Crippen LogP contribution in [0.4, 0.5) is 0 Å². The third kappa shape index (κ3) is 4.03. The number of fused-ring (bicyclic) bond motifs is 1. The summed E-state index contributed by atoms with van der Waals surface area (Å²) in [5.74, 6) is 0.0824. The molecule has 0 fully saturated rings. The Hall–Kier alpha value is -2.74. The maximum Gasteiger partial charge on any atom is 0.335 e. The first kappa shape index (κ1) is 17.1. The molecule has 0 radical (unpaired) electrons. The molecule has 25 heavy (non-hydrogen) atoms. The van der Waals surface area contributed by atoms with E-state index in [9.17, 15) is 13.2 Å². The fraction of sp³-hybridized carbons (Fsp3) is 0.235. The van der Waals surface area contributed by atoms with Crippen LogP contribution in [0.2, 0.25) is 0 Å². The first-order chi connectivity index (χ1) is 11.9. The number of hydrogen-bond donors (Lipinski definition) is 1. The van der Waals surface area contributed by atoms with E-state index in [2.05, 4.69) is 15.5 Å². The van der Waals surface area contributed by atoms with Gasteiger partial charge in [0.2, 0.25) is 15.7 Å². The molecule has 1 heterocycles. The highest BCUT2D eigenvalue weighted by Gasteiger charge is 2.16. The molecule has 3 aromatic rings. The minimum atomic E-state index is -3.49. The quantitative estimate of drug-likeness (QED) is 0.675. The van der Waals surface area contributed by atoms with Crippen molar-refractivity contribution in [1.82, 2.24) is 15.5 Å². The third-order valence-corrected chi connectivity index (χ3v) is 4.45. The number of sulfone groups is 1. The molecule has 1 aromatic heterocycles. The van der Waals surface area contributed by atoms with Crippen LogP contribution < -0.4 is 5.32 Å².